The fourth-order valence-corrected chi connectivity index (χ4v) is 8.24. The molecule has 7 rings (SSSR count). The van der Waals surface area contributed by atoms with Crippen LogP contribution in [0.3, 0.4) is 0 Å². The van der Waals surface area contributed by atoms with Gasteiger partial charge in [-0.1, -0.05) is 39.8 Å². The average molecular weight is 556 g/mol. The number of hydrogen-bond acceptors (Lipinski definition) is 4. The van der Waals surface area contributed by atoms with E-state index in [-0.39, 0.29) is 16.8 Å². The first-order valence-electron chi connectivity index (χ1n) is 13.2. The maximum Gasteiger partial charge on any atom is 0.323 e. The van der Waals surface area contributed by atoms with Crippen molar-refractivity contribution in [2.75, 3.05) is 0 Å². The number of nitrogens with zero attached hydrogens (tertiary/aromatic N) is 1. The summed E-state index contributed by atoms with van der Waals surface area (Å²) in [5, 5.41) is 2.32. The molecule has 7 nitrogen and oxygen atoms in total. The van der Waals surface area contributed by atoms with Crippen molar-refractivity contribution >= 4 is 66.5 Å². The van der Waals surface area contributed by atoms with Crippen molar-refractivity contribution in [3.05, 3.63) is 67.1 Å². The van der Waals surface area contributed by atoms with E-state index in [2.05, 4.69) is 95.6 Å². The molecule has 39 heavy (non-hydrogen) atoms. The van der Waals surface area contributed by atoms with Crippen molar-refractivity contribution in [3.8, 4) is 20.9 Å². The maximum atomic E-state index is 12.3. The molecule has 5 heterocycles. The minimum absolute atomic E-state index is 0.0483. The number of hydrogen-bond donors (Lipinski definition) is 4. The number of imidazole rings is 2. The molecule has 9 heteroatoms. The van der Waals surface area contributed by atoms with Crippen molar-refractivity contribution < 1.29 is 0 Å². The molecule has 0 spiro atoms. The summed E-state index contributed by atoms with van der Waals surface area (Å²) in [7, 11) is 2.10. The Bertz CT molecular complexity index is 2190. The van der Waals surface area contributed by atoms with Crippen LogP contribution in [0.4, 0.5) is 0 Å². The Morgan fingerprint density at radius 1 is 0.744 bits per heavy atom. The van der Waals surface area contributed by atoms with Crippen LogP contribution in [0.25, 0.3) is 64.8 Å². The van der Waals surface area contributed by atoms with Gasteiger partial charge >= 0.3 is 11.4 Å². The topological polar surface area (TPSA) is 102 Å². The lowest BCUT2D eigenvalue weighted by molar-refractivity contribution is 0.520. The zero-order chi connectivity index (χ0) is 27.2. The molecule has 0 bridgehead atoms. The number of aryl methyl sites for hydroxylation is 2. The Morgan fingerprint density at radius 2 is 1.26 bits per heavy atom. The molecule has 0 atom stereocenters. The first kappa shape index (κ1) is 24.2. The highest BCUT2D eigenvalue weighted by molar-refractivity contribution is 7.17. The molecule has 0 saturated carbocycles. The Morgan fingerprint density at radius 3 is 1.82 bits per heavy atom. The Balaban J connectivity index is 1.46. The first-order valence-corrected chi connectivity index (χ1v) is 14.8. The fourth-order valence-electron chi connectivity index (χ4n) is 5.71. The first-order chi connectivity index (χ1) is 18.7. The van der Waals surface area contributed by atoms with Crippen LogP contribution in [0, 0.1) is 0 Å². The highest BCUT2D eigenvalue weighted by Crippen LogP contribution is 2.45. The van der Waals surface area contributed by atoms with Crippen LogP contribution >= 0.6 is 22.7 Å². The molecule has 0 unspecified atom stereocenters. The molecule has 0 fully saturated rings. The van der Waals surface area contributed by atoms with Gasteiger partial charge in [0.25, 0.3) is 0 Å². The average Bonchev–Trinajstić information content (AvgIpc) is 3.70. The molecule has 0 aliphatic rings. The van der Waals surface area contributed by atoms with Crippen molar-refractivity contribution in [2.45, 2.75) is 46.0 Å². The predicted molar refractivity (Wildman–Crippen MR) is 165 cm³/mol. The Kier molecular flexibility index (Phi) is 5.18. The Hall–Kier alpha value is -3.82. The van der Waals surface area contributed by atoms with Gasteiger partial charge in [-0.3, -0.25) is 0 Å². The number of fused-ring (bicyclic) bond motifs is 5. The van der Waals surface area contributed by atoms with Gasteiger partial charge in [0, 0.05) is 44.0 Å². The number of rotatable bonds is 5. The van der Waals surface area contributed by atoms with Gasteiger partial charge in [-0.05, 0) is 48.2 Å². The van der Waals surface area contributed by atoms with Crippen LogP contribution in [0.2, 0.25) is 0 Å². The molecule has 2 aromatic carbocycles. The summed E-state index contributed by atoms with van der Waals surface area (Å²) in [5.41, 5.74) is 7.68. The second-order valence-electron chi connectivity index (χ2n) is 10.9. The Labute approximate surface area is 231 Å². The van der Waals surface area contributed by atoms with E-state index in [0.717, 1.165) is 77.6 Å². The summed E-state index contributed by atoms with van der Waals surface area (Å²) in [4.78, 5) is 41.0. The van der Waals surface area contributed by atoms with Crippen LogP contribution in [0.1, 0.15) is 43.9 Å². The van der Waals surface area contributed by atoms with Crippen LogP contribution in [0.15, 0.2) is 46.0 Å². The van der Waals surface area contributed by atoms with Gasteiger partial charge in [0.1, 0.15) is 0 Å². The van der Waals surface area contributed by atoms with Gasteiger partial charge in [0.2, 0.25) is 0 Å². The van der Waals surface area contributed by atoms with Crippen molar-refractivity contribution in [1.82, 2.24) is 24.5 Å². The number of aromatic amines is 4. The van der Waals surface area contributed by atoms with E-state index in [1.165, 1.54) is 9.75 Å². The van der Waals surface area contributed by atoms with Crippen LogP contribution in [-0.4, -0.2) is 24.5 Å². The smallest absolute Gasteiger partial charge is 0.323 e. The lowest BCUT2D eigenvalue weighted by Gasteiger charge is -2.20. The molecule has 0 aliphatic heterocycles. The highest BCUT2D eigenvalue weighted by Gasteiger charge is 2.27. The van der Waals surface area contributed by atoms with Gasteiger partial charge < -0.3 is 24.5 Å². The molecule has 5 aromatic heterocycles. The monoisotopic (exact) mass is 555 g/mol. The number of thiophene rings is 2. The van der Waals surface area contributed by atoms with E-state index in [4.69, 9.17) is 0 Å². The summed E-state index contributed by atoms with van der Waals surface area (Å²) >= 11 is 3.49. The number of benzene rings is 2. The number of aromatic nitrogens is 5. The summed E-state index contributed by atoms with van der Waals surface area (Å²) in [6.45, 7) is 8.75. The summed E-state index contributed by atoms with van der Waals surface area (Å²) in [6, 6.07) is 13.1. The molecule has 0 aliphatic carbocycles. The minimum atomic E-state index is -0.172. The molecular formula is C30H29N5O2S2. The quantitative estimate of drug-likeness (QED) is 0.178. The zero-order valence-electron chi connectivity index (χ0n) is 22.5. The molecule has 0 saturated heterocycles. The van der Waals surface area contributed by atoms with Crippen molar-refractivity contribution in [1.29, 1.82) is 0 Å². The number of H-pyrrole nitrogens is 4. The molecular weight excluding hydrogens is 526 g/mol. The highest BCUT2D eigenvalue weighted by atomic mass is 32.1. The minimum Gasteiger partial charge on any atom is -0.344 e. The summed E-state index contributed by atoms with van der Waals surface area (Å²) in [5.74, 6) is 0. The molecule has 0 amide bonds. The van der Waals surface area contributed by atoms with Gasteiger partial charge in [0.15, 0.2) is 0 Å². The van der Waals surface area contributed by atoms with Gasteiger partial charge in [-0.2, -0.15) is 0 Å². The second kappa shape index (κ2) is 8.34. The molecule has 0 radical (unpaired) electrons. The van der Waals surface area contributed by atoms with Crippen LogP contribution in [0.5, 0.6) is 0 Å². The van der Waals surface area contributed by atoms with E-state index in [9.17, 15) is 9.59 Å². The SMILES string of the molecule is CCc1sc(-c2ccc3c(c2)c2cc(-c4sc(C(C)(C)CC)c5[nH]c(=O)[nH]c45)ccc2n3C)c2[nH]c(=O)[nH]c12. The third-order valence-electron chi connectivity index (χ3n) is 8.19. The normalized spacial score (nSPS) is 12.6. The van der Waals surface area contributed by atoms with Crippen LogP contribution < -0.4 is 11.4 Å². The van der Waals surface area contributed by atoms with E-state index in [1.54, 1.807) is 22.7 Å². The van der Waals surface area contributed by atoms with E-state index < -0.39 is 0 Å². The van der Waals surface area contributed by atoms with Gasteiger partial charge in [-0.15, -0.1) is 22.7 Å². The maximum absolute atomic E-state index is 12.3. The second-order valence-corrected chi connectivity index (χ2v) is 13.0. The standard InChI is InChI=1S/C30H29N5O2S2/c1-6-20-21-22(32-28(36)31-21)25(38-20)14-8-10-18-16(12-14)17-13-15(9-11-19(17)35(18)5)26-23-24(34-29(37)33-23)27(39-26)30(3,4)7-2/h8-13H,6-7H2,1-5H3,(H2,31,32,36)(H2,33,34,37). The third kappa shape index (κ3) is 3.46. The van der Waals surface area contributed by atoms with Gasteiger partial charge in [0.05, 0.1) is 31.8 Å². The summed E-state index contributed by atoms with van der Waals surface area (Å²) < 4.78 is 2.23. The lowest BCUT2D eigenvalue weighted by Crippen LogP contribution is -2.14. The lowest BCUT2D eigenvalue weighted by atomic mass is 9.88. The molecule has 4 N–H and O–H groups in total. The van der Waals surface area contributed by atoms with Crippen LogP contribution in [-0.2, 0) is 18.9 Å². The van der Waals surface area contributed by atoms with Crippen molar-refractivity contribution in [3.63, 3.8) is 0 Å². The predicted octanol–water partition coefficient (Wildman–Crippen LogP) is 7.38. The van der Waals surface area contributed by atoms with E-state index >= 15 is 0 Å². The molecule has 7 aromatic rings. The van der Waals surface area contributed by atoms with Gasteiger partial charge in [-0.25, -0.2) is 9.59 Å². The summed E-state index contributed by atoms with van der Waals surface area (Å²) in [6.07, 6.45) is 1.84. The molecule has 198 valence electrons. The van der Waals surface area contributed by atoms with E-state index in [0.29, 0.717) is 0 Å². The van der Waals surface area contributed by atoms with Crippen molar-refractivity contribution in [2.24, 2.45) is 7.05 Å². The third-order valence-corrected chi connectivity index (χ3v) is 11.2. The zero-order valence-corrected chi connectivity index (χ0v) is 24.1. The fraction of sp³-hybridized carbons (Fsp3) is 0.267. The number of nitrogens with one attached hydrogen (secondary N) is 4. The largest absolute Gasteiger partial charge is 0.344 e. The van der Waals surface area contributed by atoms with E-state index in [1.807, 2.05) is 0 Å².